The largest absolute Gasteiger partial charge is 0.492 e. The van der Waals surface area contributed by atoms with Gasteiger partial charge in [0, 0.05) is 55.8 Å². The van der Waals surface area contributed by atoms with Gasteiger partial charge in [-0.25, -0.2) is 8.78 Å². The Kier molecular flexibility index (Phi) is 6.96. The summed E-state index contributed by atoms with van der Waals surface area (Å²) >= 11 is 0. The minimum atomic E-state index is -0.711. The van der Waals surface area contributed by atoms with Gasteiger partial charge in [0.25, 0.3) is 0 Å². The molecule has 0 aliphatic carbocycles. The molecule has 2 atom stereocenters. The first kappa shape index (κ1) is 25.0. The molecule has 1 N–H and O–H groups in total. The number of aromatic nitrogens is 2. The third-order valence-corrected chi connectivity index (χ3v) is 7.34. The molecule has 0 saturated carbocycles. The molecular formula is C27H32F4N4O. The van der Waals surface area contributed by atoms with Crippen molar-refractivity contribution in [1.29, 1.82) is 0 Å². The first-order valence-electron chi connectivity index (χ1n) is 12.6. The summed E-state index contributed by atoms with van der Waals surface area (Å²) in [6, 6.07) is 5.18. The fourth-order valence-electron chi connectivity index (χ4n) is 5.66. The zero-order valence-corrected chi connectivity index (χ0v) is 20.8. The molecule has 3 heterocycles. The van der Waals surface area contributed by atoms with E-state index in [1.165, 1.54) is 12.1 Å². The summed E-state index contributed by atoms with van der Waals surface area (Å²) in [5.74, 6) is -1.47. The van der Waals surface area contributed by atoms with Crippen molar-refractivity contribution in [3.8, 4) is 5.75 Å². The Morgan fingerprint density at radius 3 is 2.53 bits per heavy atom. The summed E-state index contributed by atoms with van der Waals surface area (Å²) in [5, 5.41) is 6.80. The predicted molar refractivity (Wildman–Crippen MR) is 130 cm³/mol. The Bertz CT molecular complexity index is 1220. The highest BCUT2D eigenvalue weighted by Crippen LogP contribution is 2.43. The van der Waals surface area contributed by atoms with Gasteiger partial charge in [-0.3, -0.25) is 19.3 Å². The Morgan fingerprint density at radius 2 is 1.86 bits per heavy atom. The van der Waals surface area contributed by atoms with Crippen molar-refractivity contribution in [2.45, 2.75) is 39.3 Å². The fourth-order valence-corrected chi connectivity index (χ4v) is 5.66. The van der Waals surface area contributed by atoms with Gasteiger partial charge in [-0.2, -0.15) is 9.49 Å². The second-order valence-electron chi connectivity index (χ2n) is 10.5. The highest BCUT2D eigenvalue weighted by Gasteiger charge is 2.38. The van der Waals surface area contributed by atoms with E-state index in [-0.39, 0.29) is 42.5 Å². The standard InChI is InChI=1S/C27H32F4N4O/c1-15(2)12-35-16(3)8-20-19(4-5-23-24(20)27(31)33-32-23)26(35)25-21(29)9-18(10-22(25)30)36-7-6-34-13-17(11-28)14-34/h4-5,9-10,15-17,26H,6-8,11-14H2,1-3H3,(H,32,33)/t16-,26?/m1/s1. The second-order valence-corrected chi connectivity index (χ2v) is 10.5. The maximum absolute atomic E-state index is 15.6. The summed E-state index contributed by atoms with van der Waals surface area (Å²) in [7, 11) is 0. The smallest absolute Gasteiger partial charge is 0.217 e. The van der Waals surface area contributed by atoms with Crippen LogP contribution in [-0.4, -0.2) is 65.5 Å². The average molecular weight is 505 g/mol. The number of halogens is 4. The van der Waals surface area contributed by atoms with E-state index >= 15 is 8.78 Å². The van der Waals surface area contributed by atoms with E-state index in [9.17, 15) is 8.78 Å². The van der Waals surface area contributed by atoms with Crippen LogP contribution >= 0.6 is 0 Å². The van der Waals surface area contributed by atoms with Crippen LogP contribution < -0.4 is 4.74 Å². The summed E-state index contributed by atoms with van der Waals surface area (Å²) < 4.78 is 64.1. The van der Waals surface area contributed by atoms with E-state index in [0.29, 0.717) is 49.1 Å². The number of rotatable bonds is 8. The van der Waals surface area contributed by atoms with Gasteiger partial charge in [0.05, 0.1) is 23.6 Å². The molecule has 0 amide bonds. The molecule has 1 fully saturated rings. The van der Waals surface area contributed by atoms with Gasteiger partial charge >= 0.3 is 0 Å². The summed E-state index contributed by atoms with van der Waals surface area (Å²) in [5.41, 5.74) is 1.86. The number of nitrogens with zero attached hydrogens (tertiary/aromatic N) is 3. The van der Waals surface area contributed by atoms with E-state index in [0.717, 1.165) is 5.56 Å². The Balaban J connectivity index is 1.47. The molecule has 5 nitrogen and oxygen atoms in total. The number of likely N-dealkylation sites (tertiary alicyclic amines) is 1. The van der Waals surface area contributed by atoms with Crippen LogP contribution in [0.25, 0.3) is 10.9 Å². The number of benzene rings is 2. The number of nitrogens with one attached hydrogen (secondary N) is 1. The average Bonchev–Trinajstić information content (AvgIpc) is 3.17. The van der Waals surface area contributed by atoms with Gasteiger partial charge in [-0.15, -0.1) is 0 Å². The lowest BCUT2D eigenvalue weighted by Gasteiger charge is -2.43. The third kappa shape index (κ3) is 4.59. The second kappa shape index (κ2) is 10.0. The van der Waals surface area contributed by atoms with E-state index in [4.69, 9.17) is 4.74 Å². The minimum Gasteiger partial charge on any atom is -0.492 e. The molecule has 2 aliphatic heterocycles. The summed E-state index contributed by atoms with van der Waals surface area (Å²) in [6.45, 7) is 8.63. The maximum atomic E-state index is 15.6. The van der Waals surface area contributed by atoms with Crippen LogP contribution in [0, 0.1) is 29.4 Å². The van der Waals surface area contributed by atoms with Crippen LogP contribution in [0.4, 0.5) is 17.6 Å². The van der Waals surface area contributed by atoms with Gasteiger partial charge in [0.15, 0.2) is 0 Å². The van der Waals surface area contributed by atoms with Gasteiger partial charge < -0.3 is 4.74 Å². The number of ether oxygens (including phenoxy) is 1. The summed E-state index contributed by atoms with van der Waals surface area (Å²) in [6.07, 6.45) is 0.552. The molecule has 36 heavy (non-hydrogen) atoms. The number of hydrogen-bond donors (Lipinski definition) is 1. The lowest BCUT2D eigenvalue weighted by Crippen LogP contribution is -2.49. The number of hydrogen-bond acceptors (Lipinski definition) is 4. The highest BCUT2D eigenvalue weighted by atomic mass is 19.1. The van der Waals surface area contributed by atoms with Gasteiger partial charge in [0.2, 0.25) is 5.95 Å². The Labute approximate surface area is 208 Å². The molecular weight excluding hydrogens is 472 g/mol. The van der Waals surface area contributed by atoms with Crippen molar-refractivity contribution in [1.82, 2.24) is 20.0 Å². The third-order valence-electron chi connectivity index (χ3n) is 7.34. The van der Waals surface area contributed by atoms with Crippen molar-refractivity contribution >= 4 is 10.9 Å². The van der Waals surface area contributed by atoms with Crippen molar-refractivity contribution in [2.75, 3.05) is 39.5 Å². The number of aromatic amines is 1. The lowest BCUT2D eigenvalue weighted by molar-refractivity contribution is 0.0667. The van der Waals surface area contributed by atoms with Crippen LogP contribution in [0.2, 0.25) is 0 Å². The zero-order valence-electron chi connectivity index (χ0n) is 20.8. The molecule has 1 aromatic heterocycles. The topological polar surface area (TPSA) is 44.4 Å². The van der Waals surface area contributed by atoms with E-state index in [2.05, 4.69) is 28.9 Å². The van der Waals surface area contributed by atoms with Crippen LogP contribution in [0.3, 0.4) is 0 Å². The predicted octanol–water partition coefficient (Wildman–Crippen LogP) is 5.25. The molecule has 5 rings (SSSR count). The van der Waals surface area contributed by atoms with E-state index < -0.39 is 23.6 Å². The van der Waals surface area contributed by atoms with E-state index in [1.807, 2.05) is 17.9 Å². The van der Waals surface area contributed by atoms with Crippen molar-refractivity contribution in [3.05, 3.63) is 58.5 Å². The fraction of sp³-hybridized carbons (Fsp3) is 0.519. The molecule has 1 unspecified atom stereocenters. The molecule has 0 spiro atoms. The first-order chi connectivity index (χ1) is 17.3. The maximum Gasteiger partial charge on any atom is 0.217 e. The lowest BCUT2D eigenvalue weighted by atomic mass is 9.82. The Hall–Kier alpha value is -2.65. The van der Waals surface area contributed by atoms with Crippen LogP contribution in [-0.2, 0) is 6.42 Å². The SMILES string of the molecule is CC(C)CN1C(c2c(F)cc(OCCN3CC(CF)C3)cc2F)c2ccc3n[nH]c(F)c3c2C[C@H]1C. The van der Waals surface area contributed by atoms with Crippen molar-refractivity contribution < 1.29 is 22.3 Å². The molecule has 2 aliphatic rings. The molecule has 3 aromatic rings. The van der Waals surface area contributed by atoms with Crippen LogP contribution in [0.5, 0.6) is 5.75 Å². The van der Waals surface area contributed by atoms with Gasteiger partial charge in [-0.1, -0.05) is 19.9 Å². The monoisotopic (exact) mass is 504 g/mol. The molecule has 2 aromatic carbocycles. The van der Waals surface area contributed by atoms with E-state index in [1.54, 1.807) is 6.07 Å². The van der Waals surface area contributed by atoms with Gasteiger partial charge in [-0.05, 0) is 36.5 Å². The van der Waals surface area contributed by atoms with Gasteiger partial charge in [0.1, 0.15) is 24.0 Å². The van der Waals surface area contributed by atoms with Crippen LogP contribution in [0.15, 0.2) is 24.3 Å². The number of alkyl halides is 1. The molecule has 9 heteroatoms. The quantitative estimate of drug-likeness (QED) is 0.426. The molecule has 1 saturated heterocycles. The number of H-pyrrole nitrogens is 1. The van der Waals surface area contributed by atoms with Crippen molar-refractivity contribution in [3.63, 3.8) is 0 Å². The minimum absolute atomic E-state index is 0.0624. The first-order valence-corrected chi connectivity index (χ1v) is 12.6. The molecule has 0 bridgehead atoms. The Morgan fingerprint density at radius 1 is 1.14 bits per heavy atom. The van der Waals surface area contributed by atoms with Crippen molar-refractivity contribution in [2.24, 2.45) is 11.8 Å². The molecule has 194 valence electrons. The molecule has 0 radical (unpaired) electrons. The number of fused-ring (bicyclic) bond motifs is 3. The normalized spacial score (nSPS) is 21.2. The summed E-state index contributed by atoms with van der Waals surface area (Å²) in [4.78, 5) is 4.15. The zero-order chi connectivity index (χ0) is 25.6. The van der Waals surface area contributed by atoms with Crippen LogP contribution in [0.1, 0.15) is 43.5 Å². The highest BCUT2D eigenvalue weighted by molar-refractivity contribution is 5.84.